The van der Waals surface area contributed by atoms with Crippen molar-refractivity contribution in [1.82, 2.24) is 0 Å². The Balaban J connectivity index is 1.92. The molecule has 1 aliphatic heterocycles. The molecule has 1 aliphatic rings. The van der Waals surface area contributed by atoms with Gasteiger partial charge in [-0.3, -0.25) is 0 Å². The summed E-state index contributed by atoms with van der Waals surface area (Å²) in [5.74, 6) is 0.902. The van der Waals surface area contributed by atoms with Crippen LogP contribution in [-0.4, -0.2) is 33.2 Å². The Morgan fingerprint density at radius 1 is 0.931 bits per heavy atom. The number of halogens is 2. The van der Waals surface area contributed by atoms with Gasteiger partial charge in [0, 0.05) is 21.7 Å². The molecule has 1 heterocycles. The predicted octanol–water partition coefficient (Wildman–Crippen LogP) is 5.03. The molecule has 0 aliphatic carbocycles. The molecule has 0 saturated heterocycles. The number of methoxy groups -OCH3 is 3. The molecule has 0 radical (unpaired) electrons. The first-order valence-corrected chi connectivity index (χ1v) is 9.17. The van der Waals surface area contributed by atoms with Gasteiger partial charge >= 0.3 is 5.97 Å². The van der Waals surface area contributed by atoms with Gasteiger partial charge in [-0.1, -0.05) is 29.3 Å². The fraction of sp³-hybridized carbons (Fsp3) is 0.143. The molecular formula is C21H17Cl2NO5. The third kappa shape index (κ3) is 4.55. The normalized spacial score (nSPS) is 14.9. The summed E-state index contributed by atoms with van der Waals surface area (Å²) in [6, 6.07) is 8.53. The fourth-order valence-corrected chi connectivity index (χ4v) is 3.15. The second kappa shape index (κ2) is 9.03. The number of hydrogen-bond donors (Lipinski definition) is 0. The van der Waals surface area contributed by atoms with E-state index in [0.717, 1.165) is 0 Å². The minimum Gasteiger partial charge on any atom is -0.493 e. The number of nitrogens with zero attached hydrogens (tertiary/aromatic N) is 1. The minimum absolute atomic E-state index is 0.123. The van der Waals surface area contributed by atoms with Crippen LogP contribution in [0.25, 0.3) is 12.2 Å². The lowest BCUT2D eigenvalue weighted by molar-refractivity contribution is -0.129. The average Bonchev–Trinajstić information content (AvgIpc) is 3.06. The van der Waals surface area contributed by atoms with E-state index in [9.17, 15) is 4.79 Å². The maximum absolute atomic E-state index is 12.2. The number of ether oxygens (including phenoxy) is 4. The number of carbonyl (C=O) groups is 1. The molecule has 8 heteroatoms. The zero-order chi connectivity index (χ0) is 21.0. The Kier molecular flexibility index (Phi) is 6.46. The number of benzene rings is 2. The summed E-state index contributed by atoms with van der Waals surface area (Å²) in [7, 11) is 4.53. The van der Waals surface area contributed by atoms with Gasteiger partial charge in [-0.15, -0.1) is 0 Å². The van der Waals surface area contributed by atoms with E-state index in [1.807, 2.05) is 0 Å². The SMILES string of the molecule is COc1ccc(C=C2N=C(C=Cc3ccc(Cl)cc3Cl)OC2=O)c(OC)c1OC. The molecule has 0 amide bonds. The zero-order valence-electron chi connectivity index (χ0n) is 15.9. The van der Waals surface area contributed by atoms with Crippen molar-refractivity contribution >= 4 is 47.2 Å². The third-order valence-electron chi connectivity index (χ3n) is 4.03. The van der Waals surface area contributed by atoms with Crippen molar-refractivity contribution in [3.8, 4) is 17.2 Å². The average molecular weight is 434 g/mol. The molecule has 0 N–H and O–H groups in total. The molecule has 6 nitrogen and oxygen atoms in total. The van der Waals surface area contributed by atoms with Crippen LogP contribution in [0.3, 0.4) is 0 Å². The van der Waals surface area contributed by atoms with E-state index < -0.39 is 5.97 Å². The van der Waals surface area contributed by atoms with Crippen molar-refractivity contribution in [2.24, 2.45) is 4.99 Å². The molecular weight excluding hydrogens is 417 g/mol. The van der Waals surface area contributed by atoms with Crippen LogP contribution in [0.4, 0.5) is 0 Å². The third-order valence-corrected chi connectivity index (χ3v) is 4.59. The molecule has 2 aromatic carbocycles. The van der Waals surface area contributed by atoms with Crippen molar-refractivity contribution in [1.29, 1.82) is 0 Å². The van der Waals surface area contributed by atoms with E-state index in [1.54, 1.807) is 48.6 Å². The van der Waals surface area contributed by atoms with Gasteiger partial charge in [-0.05, 0) is 42.0 Å². The molecule has 0 atom stereocenters. The summed E-state index contributed by atoms with van der Waals surface area (Å²) in [5, 5.41) is 1.01. The number of carbonyl (C=O) groups excluding carboxylic acids is 1. The topological polar surface area (TPSA) is 66.4 Å². The van der Waals surface area contributed by atoms with Gasteiger partial charge in [0.05, 0.1) is 21.3 Å². The summed E-state index contributed by atoms with van der Waals surface area (Å²) < 4.78 is 21.2. The van der Waals surface area contributed by atoms with E-state index in [0.29, 0.717) is 38.4 Å². The first-order chi connectivity index (χ1) is 14.0. The van der Waals surface area contributed by atoms with Crippen LogP contribution >= 0.6 is 23.2 Å². The highest BCUT2D eigenvalue weighted by Crippen LogP contribution is 2.40. The monoisotopic (exact) mass is 433 g/mol. The van der Waals surface area contributed by atoms with E-state index in [-0.39, 0.29) is 11.6 Å². The van der Waals surface area contributed by atoms with Crippen LogP contribution in [-0.2, 0) is 9.53 Å². The van der Waals surface area contributed by atoms with Gasteiger partial charge in [0.2, 0.25) is 11.6 Å². The highest BCUT2D eigenvalue weighted by molar-refractivity contribution is 6.35. The maximum Gasteiger partial charge on any atom is 0.363 e. The number of esters is 1. The van der Waals surface area contributed by atoms with E-state index in [2.05, 4.69) is 4.99 Å². The van der Waals surface area contributed by atoms with Crippen molar-refractivity contribution in [2.45, 2.75) is 0 Å². The summed E-state index contributed by atoms with van der Waals surface area (Å²) in [4.78, 5) is 16.4. The minimum atomic E-state index is -0.580. The van der Waals surface area contributed by atoms with Gasteiger partial charge in [-0.25, -0.2) is 9.79 Å². The van der Waals surface area contributed by atoms with Crippen LogP contribution in [0.5, 0.6) is 17.2 Å². The van der Waals surface area contributed by atoms with E-state index in [4.69, 9.17) is 42.1 Å². The molecule has 0 bridgehead atoms. The number of cyclic esters (lactones) is 1. The lowest BCUT2D eigenvalue weighted by atomic mass is 10.1. The second-order valence-corrected chi connectivity index (χ2v) is 6.64. The van der Waals surface area contributed by atoms with Crippen LogP contribution < -0.4 is 14.2 Å². The fourth-order valence-electron chi connectivity index (χ4n) is 2.68. The van der Waals surface area contributed by atoms with Gasteiger partial charge in [0.25, 0.3) is 0 Å². The van der Waals surface area contributed by atoms with Gasteiger partial charge in [-0.2, -0.15) is 0 Å². The van der Waals surface area contributed by atoms with E-state index in [1.165, 1.54) is 21.3 Å². The van der Waals surface area contributed by atoms with Crippen LogP contribution in [0.15, 0.2) is 47.1 Å². The Morgan fingerprint density at radius 3 is 2.31 bits per heavy atom. The summed E-state index contributed by atoms with van der Waals surface area (Å²) in [5.41, 5.74) is 1.43. The highest BCUT2D eigenvalue weighted by atomic mass is 35.5. The van der Waals surface area contributed by atoms with Crippen molar-refractivity contribution < 1.29 is 23.7 Å². The lowest BCUT2D eigenvalue weighted by Gasteiger charge is -2.14. The Labute approximate surface area is 178 Å². The van der Waals surface area contributed by atoms with Crippen LogP contribution in [0.2, 0.25) is 10.0 Å². The van der Waals surface area contributed by atoms with Crippen LogP contribution in [0.1, 0.15) is 11.1 Å². The van der Waals surface area contributed by atoms with Gasteiger partial charge in [0.1, 0.15) is 0 Å². The quantitative estimate of drug-likeness (QED) is 0.472. The summed E-state index contributed by atoms with van der Waals surface area (Å²) >= 11 is 12.0. The first kappa shape index (κ1) is 20.8. The standard InChI is InChI=1S/C21H17Cl2NO5/c1-26-17-8-5-13(19(27-2)20(17)28-3)10-16-21(25)29-18(24-16)9-6-12-4-7-14(22)11-15(12)23/h4-11H,1-3H3. The molecule has 2 aromatic rings. The van der Waals surface area contributed by atoms with Crippen molar-refractivity contribution in [3.63, 3.8) is 0 Å². The molecule has 29 heavy (non-hydrogen) atoms. The molecule has 0 aromatic heterocycles. The summed E-state index contributed by atoms with van der Waals surface area (Å²) in [6.07, 6.45) is 4.80. The second-order valence-electron chi connectivity index (χ2n) is 5.79. The smallest absolute Gasteiger partial charge is 0.363 e. The largest absolute Gasteiger partial charge is 0.493 e. The van der Waals surface area contributed by atoms with Crippen molar-refractivity contribution in [2.75, 3.05) is 21.3 Å². The molecule has 0 fully saturated rings. The Morgan fingerprint density at radius 2 is 1.66 bits per heavy atom. The van der Waals surface area contributed by atoms with Crippen LogP contribution in [0, 0.1) is 0 Å². The summed E-state index contributed by atoms with van der Waals surface area (Å²) in [6.45, 7) is 0. The Bertz CT molecular complexity index is 1040. The Hall–Kier alpha value is -2.96. The lowest BCUT2D eigenvalue weighted by Crippen LogP contribution is -2.01. The molecule has 150 valence electrons. The van der Waals surface area contributed by atoms with Gasteiger partial charge < -0.3 is 18.9 Å². The predicted molar refractivity (Wildman–Crippen MR) is 113 cm³/mol. The van der Waals surface area contributed by atoms with Crippen molar-refractivity contribution in [3.05, 3.63) is 63.3 Å². The van der Waals surface area contributed by atoms with E-state index >= 15 is 0 Å². The first-order valence-electron chi connectivity index (χ1n) is 8.41. The number of aliphatic imine (C=N–C) groups is 1. The molecule has 0 saturated carbocycles. The zero-order valence-corrected chi connectivity index (χ0v) is 17.4. The number of hydrogen-bond acceptors (Lipinski definition) is 6. The molecule has 0 unspecified atom stereocenters. The molecule has 3 rings (SSSR count). The highest BCUT2D eigenvalue weighted by Gasteiger charge is 2.23. The number of rotatable bonds is 6. The molecule has 0 spiro atoms. The van der Waals surface area contributed by atoms with Gasteiger partial charge in [0.15, 0.2) is 17.2 Å². The maximum atomic E-state index is 12.2.